The number of hydrogen-bond acceptors (Lipinski definition) is 3. The second-order valence-corrected chi connectivity index (χ2v) is 4.96. The van der Waals surface area contributed by atoms with Gasteiger partial charge in [0.05, 0.1) is 17.2 Å². The second-order valence-electron chi connectivity index (χ2n) is 4.96. The lowest BCUT2D eigenvalue weighted by Crippen LogP contribution is -2.33. The van der Waals surface area contributed by atoms with Crippen molar-refractivity contribution in [2.24, 2.45) is 5.92 Å². The highest BCUT2D eigenvalue weighted by Gasteiger charge is 2.33. The highest BCUT2D eigenvalue weighted by atomic mass is 19.4. The number of hydrogen-bond donors (Lipinski definition) is 2. The first-order valence-electron chi connectivity index (χ1n) is 6.56. The summed E-state index contributed by atoms with van der Waals surface area (Å²) in [5.41, 5.74) is -0.823. The van der Waals surface area contributed by atoms with Crippen molar-refractivity contribution < 1.29 is 13.2 Å². The Morgan fingerprint density at radius 1 is 1.40 bits per heavy atom. The number of halogens is 3. The second kappa shape index (κ2) is 6.14. The predicted octanol–water partition coefficient (Wildman–Crippen LogP) is 2.99. The molecule has 1 heterocycles. The van der Waals surface area contributed by atoms with Crippen LogP contribution in [-0.4, -0.2) is 19.6 Å². The number of nitriles is 1. The van der Waals surface area contributed by atoms with E-state index in [1.54, 1.807) is 6.07 Å². The van der Waals surface area contributed by atoms with Crippen molar-refractivity contribution in [2.45, 2.75) is 19.0 Å². The van der Waals surface area contributed by atoms with E-state index in [4.69, 9.17) is 5.26 Å². The molecule has 2 rings (SSSR count). The number of anilines is 1. The molecule has 1 saturated heterocycles. The van der Waals surface area contributed by atoms with Gasteiger partial charge in [-0.3, -0.25) is 0 Å². The van der Waals surface area contributed by atoms with Crippen LogP contribution >= 0.6 is 0 Å². The van der Waals surface area contributed by atoms with Crippen LogP contribution in [0.2, 0.25) is 0 Å². The van der Waals surface area contributed by atoms with Crippen LogP contribution in [0, 0.1) is 17.2 Å². The summed E-state index contributed by atoms with van der Waals surface area (Å²) in [4.78, 5) is 0. The standard InChI is InChI=1S/C14H16F3N3/c15-14(16,17)13-6-12(4-3-11(13)7-18)20-9-10-2-1-5-19-8-10/h3-4,6,10,19-20H,1-2,5,8-9H2. The van der Waals surface area contributed by atoms with Crippen LogP contribution in [-0.2, 0) is 6.18 Å². The van der Waals surface area contributed by atoms with E-state index in [1.807, 2.05) is 0 Å². The van der Waals surface area contributed by atoms with Crippen LogP contribution < -0.4 is 10.6 Å². The Labute approximate surface area is 115 Å². The van der Waals surface area contributed by atoms with Gasteiger partial charge in [-0.15, -0.1) is 0 Å². The highest BCUT2D eigenvalue weighted by Crippen LogP contribution is 2.33. The van der Waals surface area contributed by atoms with Crippen molar-refractivity contribution in [3.8, 4) is 6.07 Å². The van der Waals surface area contributed by atoms with E-state index in [1.165, 1.54) is 12.1 Å². The Kier molecular flexibility index (Phi) is 4.50. The molecule has 1 aliphatic rings. The van der Waals surface area contributed by atoms with Gasteiger partial charge >= 0.3 is 6.18 Å². The molecule has 108 valence electrons. The predicted molar refractivity (Wildman–Crippen MR) is 70.2 cm³/mol. The lowest BCUT2D eigenvalue weighted by Gasteiger charge is -2.23. The first-order chi connectivity index (χ1) is 9.50. The number of nitrogens with zero attached hydrogens (tertiary/aromatic N) is 1. The van der Waals surface area contributed by atoms with Crippen molar-refractivity contribution in [1.82, 2.24) is 5.32 Å². The van der Waals surface area contributed by atoms with Gasteiger partial charge < -0.3 is 10.6 Å². The van der Waals surface area contributed by atoms with Crippen LogP contribution in [0.1, 0.15) is 24.0 Å². The maximum atomic E-state index is 12.8. The summed E-state index contributed by atoms with van der Waals surface area (Å²) in [6, 6.07) is 5.32. The van der Waals surface area contributed by atoms with Gasteiger partial charge in [0, 0.05) is 12.2 Å². The summed E-state index contributed by atoms with van der Waals surface area (Å²) >= 11 is 0. The highest BCUT2D eigenvalue weighted by molar-refractivity contribution is 5.53. The first kappa shape index (κ1) is 14.7. The molecule has 2 N–H and O–H groups in total. The van der Waals surface area contributed by atoms with Crippen molar-refractivity contribution in [3.63, 3.8) is 0 Å². The Morgan fingerprint density at radius 2 is 2.20 bits per heavy atom. The molecule has 20 heavy (non-hydrogen) atoms. The third-order valence-corrected chi connectivity index (χ3v) is 3.44. The molecule has 0 aromatic heterocycles. The van der Waals surface area contributed by atoms with Gasteiger partial charge in [-0.25, -0.2) is 0 Å². The van der Waals surface area contributed by atoms with Crippen molar-refractivity contribution in [3.05, 3.63) is 29.3 Å². The zero-order valence-corrected chi connectivity index (χ0v) is 10.9. The van der Waals surface area contributed by atoms with Gasteiger partial charge in [-0.05, 0) is 50.0 Å². The SMILES string of the molecule is N#Cc1ccc(NCC2CCCNC2)cc1C(F)(F)F. The third-order valence-electron chi connectivity index (χ3n) is 3.44. The van der Waals surface area contributed by atoms with E-state index in [-0.39, 0.29) is 5.56 Å². The molecule has 0 bridgehead atoms. The normalized spacial score (nSPS) is 19.4. The summed E-state index contributed by atoms with van der Waals surface area (Å²) in [6.45, 7) is 2.52. The molecule has 0 amide bonds. The monoisotopic (exact) mass is 283 g/mol. The smallest absolute Gasteiger partial charge is 0.385 e. The van der Waals surface area contributed by atoms with Crippen LogP contribution in [0.3, 0.4) is 0 Å². The van der Waals surface area contributed by atoms with Gasteiger partial charge in [0.2, 0.25) is 0 Å². The van der Waals surface area contributed by atoms with E-state index in [0.29, 0.717) is 18.2 Å². The quantitative estimate of drug-likeness (QED) is 0.896. The molecule has 0 aliphatic carbocycles. The molecule has 1 aromatic carbocycles. The number of alkyl halides is 3. The molecule has 1 fully saturated rings. The Morgan fingerprint density at radius 3 is 2.80 bits per heavy atom. The molecule has 1 aromatic rings. The minimum Gasteiger partial charge on any atom is -0.385 e. The molecular weight excluding hydrogens is 267 g/mol. The van der Waals surface area contributed by atoms with E-state index in [9.17, 15) is 13.2 Å². The average Bonchev–Trinajstić information content (AvgIpc) is 2.45. The molecule has 6 heteroatoms. The Bertz CT molecular complexity index is 499. The molecule has 0 saturated carbocycles. The fraction of sp³-hybridized carbons (Fsp3) is 0.500. The van der Waals surface area contributed by atoms with Crippen molar-refractivity contribution in [1.29, 1.82) is 5.26 Å². The van der Waals surface area contributed by atoms with E-state index >= 15 is 0 Å². The van der Waals surface area contributed by atoms with E-state index < -0.39 is 11.7 Å². The van der Waals surface area contributed by atoms with Crippen LogP contribution in [0.15, 0.2) is 18.2 Å². The maximum Gasteiger partial charge on any atom is 0.417 e. The molecule has 0 radical (unpaired) electrons. The number of nitrogens with one attached hydrogen (secondary N) is 2. The number of benzene rings is 1. The van der Waals surface area contributed by atoms with E-state index in [0.717, 1.165) is 32.0 Å². The van der Waals surface area contributed by atoms with Gasteiger partial charge in [0.1, 0.15) is 0 Å². The minimum atomic E-state index is -4.50. The number of piperidine rings is 1. The molecule has 1 unspecified atom stereocenters. The molecule has 1 aliphatic heterocycles. The van der Waals surface area contributed by atoms with Crippen LogP contribution in [0.5, 0.6) is 0 Å². The first-order valence-corrected chi connectivity index (χ1v) is 6.56. The van der Waals surface area contributed by atoms with Gasteiger partial charge in [0.25, 0.3) is 0 Å². The minimum absolute atomic E-state index is 0.345. The average molecular weight is 283 g/mol. The van der Waals surface area contributed by atoms with E-state index in [2.05, 4.69) is 10.6 Å². The van der Waals surface area contributed by atoms with Crippen LogP contribution in [0.25, 0.3) is 0 Å². The zero-order chi connectivity index (χ0) is 14.6. The summed E-state index contributed by atoms with van der Waals surface area (Å²) in [7, 11) is 0. The van der Waals surface area contributed by atoms with Gasteiger partial charge in [-0.1, -0.05) is 0 Å². The topological polar surface area (TPSA) is 47.9 Å². The van der Waals surface area contributed by atoms with Gasteiger partial charge in [-0.2, -0.15) is 18.4 Å². The van der Waals surface area contributed by atoms with Crippen LogP contribution in [0.4, 0.5) is 18.9 Å². The molecular formula is C14H16F3N3. The van der Waals surface area contributed by atoms with Crippen molar-refractivity contribution >= 4 is 5.69 Å². The number of rotatable bonds is 3. The zero-order valence-electron chi connectivity index (χ0n) is 10.9. The Hall–Kier alpha value is -1.74. The lowest BCUT2D eigenvalue weighted by molar-refractivity contribution is -0.137. The lowest BCUT2D eigenvalue weighted by atomic mass is 9.99. The largest absolute Gasteiger partial charge is 0.417 e. The molecule has 1 atom stereocenters. The molecule has 0 spiro atoms. The summed E-state index contributed by atoms with van der Waals surface area (Å²) in [5, 5.41) is 15.0. The third kappa shape index (κ3) is 3.64. The summed E-state index contributed by atoms with van der Waals surface area (Å²) in [5.74, 6) is 0.425. The summed E-state index contributed by atoms with van der Waals surface area (Å²) in [6.07, 6.45) is -2.34. The fourth-order valence-corrected chi connectivity index (χ4v) is 2.35. The Balaban J connectivity index is 2.07. The van der Waals surface area contributed by atoms with Crippen molar-refractivity contribution in [2.75, 3.05) is 25.0 Å². The summed E-state index contributed by atoms with van der Waals surface area (Å²) < 4.78 is 38.5. The molecule has 3 nitrogen and oxygen atoms in total. The van der Waals surface area contributed by atoms with Gasteiger partial charge in [0.15, 0.2) is 0 Å². The fourth-order valence-electron chi connectivity index (χ4n) is 2.35. The maximum absolute atomic E-state index is 12.8.